The van der Waals surface area contributed by atoms with Gasteiger partial charge in [0.15, 0.2) is 0 Å². The van der Waals surface area contributed by atoms with Crippen LogP contribution in [0, 0.1) is 5.92 Å². The highest BCUT2D eigenvalue weighted by Gasteiger charge is 2.33. The van der Waals surface area contributed by atoms with Crippen molar-refractivity contribution in [1.29, 1.82) is 0 Å². The van der Waals surface area contributed by atoms with Crippen LogP contribution in [-0.4, -0.2) is 18.2 Å². The molecule has 11 heavy (non-hydrogen) atoms. The molecular weight excluding hydrogens is 142 g/mol. The second-order valence-corrected chi connectivity index (χ2v) is 3.19. The third-order valence-electron chi connectivity index (χ3n) is 2.29. The minimum atomic E-state index is -0.275. The number of cyclic esters (lactones) is 1. The van der Waals surface area contributed by atoms with Crippen molar-refractivity contribution in [3.63, 3.8) is 0 Å². The van der Waals surface area contributed by atoms with E-state index < -0.39 is 0 Å². The maximum atomic E-state index is 10.8. The smallest absolute Gasteiger partial charge is 0.407 e. The number of rotatable bonds is 2. The predicted octanol–water partition coefficient (Wildman–Crippen LogP) is 1.53. The van der Waals surface area contributed by atoms with Gasteiger partial charge in [0, 0.05) is 0 Å². The molecule has 0 radical (unpaired) electrons. The first-order chi connectivity index (χ1) is 5.15. The van der Waals surface area contributed by atoms with Crippen LogP contribution in [0.3, 0.4) is 0 Å². The first kappa shape index (κ1) is 8.37. The molecule has 1 aliphatic rings. The Morgan fingerprint density at radius 2 is 2.36 bits per heavy atom. The molecule has 0 unspecified atom stereocenters. The maximum absolute atomic E-state index is 10.8. The largest absolute Gasteiger partial charge is 0.444 e. The van der Waals surface area contributed by atoms with Crippen LogP contribution in [0.15, 0.2) is 0 Å². The fourth-order valence-electron chi connectivity index (χ4n) is 1.37. The third-order valence-corrected chi connectivity index (χ3v) is 2.29. The molecule has 1 amide bonds. The van der Waals surface area contributed by atoms with Gasteiger partial charge in [0.25, 0.3) is 0 Å². The van der Waals surface area contributed by atoms with Crippen molar-refractivity contribution in [2.24, 2.45) is 5.92 Å². The van der Waals surface area contributed by atoms with E-state index in [1.165, 1.54) is 0 Å². The van der Waals surface area contributed by atoms with Crippen LogP contribution in [0.2, 0.25) is 0 Å². The van der Waals surface area contributed by atoms with Gasteiger partial charge in [0.05, 0.1) is 6.04 Å². The normalized spacial score (nSPS) is 32.8. The Bertz CT molecular complexity index is 158. The van der Waals surface area contributed by atoms with Crippen molar-refractivity contribution in [3.05, 3.63) is 0 Å². The number of nitrogens with one attached hydrogen (secondary N) is 1. The molecule has 1 saturated heterocycles. The van der Waals surface area contributed by atoms with E-state index in [-0.39, 0.29) is 18.2 Å². The molecule has 0 aliphatic carbocycles. The molecule has 1 fully saturated rings. The van der Waals surface area contributed by atoms with Crippen LogP contribution in [0.4, 0.5) is 4.79 Å². The summed E-state index contributed by atoms with van der Waals surface area (Å²) in [5, 5.41) is 2.72. The van der Waals surface area contributed by atoms with Crippen molar-refractivity contribution in [3.8, 4) is 0 Å². The molecule has 0 aromatic heterocycles. The Morgan fingerprint density at radius 1 is 1.73 bits per heavy atom. The van der Waals surface area contributed by atoms with Gasteiger partial charge in [-0.1, -0.05) is 13.8 Å². The molecule has 3 nitrogen and oxygen atoms in total. The van der Waals surface area contributed by atoms with Crippen molar-refractivity contribution < 1.29 is 9.53 Å². The van der Waals surface area contributed by atoms with E-state index in [1.54, 1.807) is 0 Å². The molecule has 3 heteroatoms. The Hall–Kier alpha value is -0.730. The van der Waals surface area contributed by atoms with E-state index in [1.807, 2.05) is 6.92 Å². The van der Waals surface area contributed by atoms with Crippen molar-refractivity contribution in [2.45, 2.75) is 39.3 Å². The Balaban J connectivity index is 2.52. The van der Waals surface area contributed by atoms with Crippen molar-refractivity contribution in [1.82, 2.24) is 5.32 Å². The molecule has 3 atom stereocenters. The summed E-state index contributed by atoms with van der Waals surface area (Å²) in [6, 6.07) is 0.164. The lowest BCUT2D eigenvalue weighted by Crippen LogP contribution is -2.31. The number of hydrogen-bond acceptors (Lipinski definition) is 2. The Kier molecular flexibility index (Phi) is 2.37. The topological polar surface area (TPSA) is 38.3 Å². The van der Waals surface area contributed by atoms with Gasteiger partial charge in [-0.05, 0) is 19.3 Å². The summed E-state index contributed by atoms with van der Waals surface area (Å²) in [6.07, 6.45) is 0.833. The van der Waals surface area contributed by atoms with Crippen molar-refractivity contribution >= 4 is 6.09 Å². The summed E-state index contributed by atoms with van der Waals surface area (Å²) >= 11 is 0. The summed E-state index contributed by atoms with van der Waals surface area (Å²) in [5.41, 5.74) is 0. The second-order valence-electron chi connectivity index (χ2n) is 3.19. The predicted molar refractivity (Wildman–Crippen MR) is 42.3 cm³/mol. The SMILES string of the molecule is CC[C@@H](C)[C@@H]1OC(=O)N[C@@H]1C. The summed E-state index contributed by atoms with van der Waals surface area (Å²) in [4.78, 5) is 10.8. The van der Waals surface area contributed by atoms with Gasteiger partial charge in [0.2, 0.25) is 0 Å². The van der Waals surface area contributed by atoms with E-state index >= 15 is 0 Å². The van der Waals surface area contributed by atoms with Gasteiger partial charge in [-0.25, -0.2) is 4.79 Å². The fraction of sp³-hybridized carbons (Fsp3) is 0.875. The number of hydrogen-bond donors (Lipinski definition) is 1. The molecule has 1 N–H and O–H groups in total. The average molecular weight is 157 g/mol. The average Bonchev–Trinajstić information content (AvgIpc) is 2.28. The molecule has 0 aromatic rings. The van der Waals surface area contributed by atoms with Gasteiger partial charge < -0.3 is 10.1 Å². The van der Waals surface area contributed by atoms with Gasteiger partial charge >= 0.3 is 6.09 Å². The molecule has 1 heterocycles. The summed E-state index contributed by atoms with van der Waals surface area (Å²) in [7, 11) is 0. The number of amides is 1. The van der Waals surface area contributed by atoms with Gasteiger partial charge in [-0.3, -0.25) is 0 Å². The first-order valence-corrected chi connectivity index (χ1v) is 4.12. The number of carbonyl (C=O) groups excluding carboxylic acids is 1. The number of alkyl carbamates (subject to hydrolysis) is 1. The van der Waals surface area contributed by atoms with E-state index in [4.69, 9.17) is 4.74 Å². The lowest BCUT2D eigenvalue weighted by Gasteiger charge is -2.18. The second kappa shape index (κ2) is 3.11. The van der Waals surface area contributed by atoms with Crippen LogP contribution in [0.5, 0.6) is 0 Å². The maximum Gasteiger partial charge on any atom is 0.407 e. The third kappa shape index (κ3) is 1.64. The molecule has 1 aliphatic heterocycles. The van der Waals surface area contributed by atoms with E-state index in [0.717, 1.165) is 6.42 Å². The van der Waals surface area contributed by atoms with Gasteiger partial charge in [-0.15, -0.1) is 0 Å². The molecule has 0 aromatic carbocycles. The van der Waals surface area contributed by atoms with E-state index in [2.05, 4.69) is 19.2 Å². The lowest BCUT2D eigenvalue weighted by molar-refractivity contribution is 0.0975. The highest BCUT2D eigenvalue weighted by atomic mass is 16.6. The minimum absolute atomic E-state index is 0.0625. The molecule has 64 valence electrons. The molecule has 0 bridgehead atoms. The Labute approximate surface area is 67.1 Å². The van der Waals surface area contributed by atoms with E-state index in [9.17, 15) is 4.79 Å². The molecular formula is C8H15NO2. The van der Waals surface area contributed by atoms with Crippen LogP contribution < -0.4 is 5.32 Å². The standard InChI is InChI=1S/C8H15NO2/c1-4-5(2)7-6(3)9-8(10)11-7/h5-7H,4H2,1-3H3,(H,9,10)/t5-,6-,7+/m1/s1. The zero-order valence-corrected chi connectivity index (χ0v) is 7.26. The molecule has 0 saturated carbocycles. The van der Waals surface area contributed by atoms with Crippen LogP contribution in [0.1, 0.15) is 27.2 Å². The molecule has 0 spiro atoms. The van der Waals surface area contributed by atoms with E-state index in [0.29, 0.717) is 5.92 Å². The summed E-state index contributed by atoms with van der Waals surface area (Å²) in [6.45, 7) is 6.17. The number of ether oxygens (including phenoxy) is 1. The number of carbonyl (C=O) groups is 1. The van der Waals surface area contributed by atoms with Gasteiger partial charge in [0.1, 0.15) is 6.10 Å². The zero-order chi connectivity index (χ0) is 8.43. The highest BCUT2D eigenvalue weighted by molar-refractivity contribution is 5.70. The first-order valence-electron chi connectivity index (χ1n) is 4.12. The minimum Gasteiger partial charge on any atom is -0.444 e. The Morgan fingerprint density at radius 3 is 2.73 bits per heavy atom. The zero-order valence-electron chi connectivity index (χ0n) is 7.26. The van der Waals surface area contributed by atoms with Crippen molar-refractivity contribution in [2.75, 3.05) is 0 Å². The highest BCUT2D eigenvalue weighted by Crippen LogP contribution is 2.19. The van der Waals surface area contributed by atoms with Crippen LogP contribution >= 0.6 is 0 Å². The monoisotopic (exact) mass is 157 g/mol. The molecule has 1 rings (SSSR count). The van der Waals surface area contributed by atoms with Crippen LogP contribution in [0.25, 0.3) is 0 Å². The quantitative estimate of drug-likeness (QED) is 0.660. The summed E-state index contributed by atoms with van der Waals surface area (Å²) in [5.74, 6) is 0.448. The summed E-state index contributed by atoms with van der Waals surface area (Å²) < 4.78 is 5.08. The van der Waals surface area contributed by atoms with Gasteiger partial charge in [-0.2, -0.15) is 0 Å². The lowest BCUT2D eigenvalue weighted by atomic mass is 9.97. The fourth-order valence-corrected chi connectivity index (χ4v) is 1.37. The van der Waals surface area contributed by atoms with Crippen LogP contribution in [-0.2, 0) is 4.74 Å².